The summed E-state index contributed by atoms with van der Waals surface area (Å²) in [5.74, 6) is 5.76. The highest BCUT2D eigenvalue weighted by molar-refractivity contribution is 6.28. The van der Waals surface area contributed by atoms with E-state index in [2.05, 4.69) is 45.9 Å². The van der Waals surface area contributed by atoms with E-state index >= 15 is 0 Å². The number of aliphatic hydroxyl groups excluding tert-OH is 2. The van der Waals surface area contributed by atoms with Crippen LogP contribution >= 0.6 is 11.6 Å². The van der Waals surface area contributed by atoms with Gasteiger partial charge in [0.15, 0.2) is 45.8 Å². The standard InChI is InChI=1S/C22H24N6O5.C18H16ClN5O4.C4H9NO/c1-30-16-8-13(9-17(31-2)20(16)32-3)28-11-18(23-12-28)25-21-19-15(5-7-33-19)24-22(26-21)27-6-4-14(29)10-27;1-25-12-6-10(7-13(26-2)16(12)27-3)24-8-14(20-9-24)22-17-15-11(4-5-28-15)21-18(19)23-17;6-4-1-2-5-3-4/h5,7-9,11-12,14,29H,4,6,10H2,1-3H3,(H,24,25,26);4-9H,1-3H3,(H,21,22,23);4-6H,1-3H2/t14-;;4-/m1.1/s1. The van der Waals surface area contributed by atoms with Crippen LogP contribution in [0.25, 0.3) is 33.6 Å². The zero-order chi connectivity index (χ0) is 47.0. The fourth-order valence-corrected chi connectivity index (χ4v) is 7.47. The highest BCUT2D eigenvalue weighted by atomic mass is 35.5. The van der Waals surface area contributed by atoms with Crippen molar-refractivity contribution in [1.29, 1.82) is 0 Å². The maximum Gasteiger partial charge on any atom is 0.228 e. The number of β-amino-alcohol motifs (C(OH)–C–C–N with tert-alkyl or cyclic N) is 2. The molecular formula is C44H49ClN12O10. The van der Waals surface area contributed by atoms with Crippen molar-refractivity contribution in [3.8, 4) is 45.9 Å². The van der Waals surface area contributed by atoms with Gasteiger partial charge in [-0.2, -0.15) is 9.97 Å². The molecule has 0 aliphatic carbocycles. The molecule has 2 aliphatic heterocycles. The summed E-state index contributed by atoms with van der Waals surface area (Å²) in [6.07, 6.45) is 11.2. The first-order valence-corrected chi connectivity index (χ1v) is 21.2. The first kappa shape index (κ1) is 46.0. The molecule has 8 heterocycles. The van der Waals surface area contributed by atoms with Crippen molar-refractivity contribution in [2.45, 2.75) is 25.0 Å². The zero-order valence-electron chi connectivity index (χ0n) is 37.4. The average molecular weight is 941 g/mol. The molecule has 5 N–H and O–H groups in total. The predicted octanol–water partition coefficient (Wildman–Crippen LogP) is 5.92. The van der Waals surface area contributed by atoms with E-state index in [4.69, 9.17) is 54.0 Å². The summed E-state index contributed by atoms with van der Waals surface area (Å²) in [6, 6.07) is 10.8. The molecule has 2 saturated heterocycles. The third kappa shape index (κ3) is 10.3. The molecule has 2 aliphatic rings. The lowest BCUT2D eigenvalue weighted by Gasteiger charge is -2.16. The van der Waals surface area contributed by atoms with Gasteiger partial charge >= 0.3 is 0 Å². The van der Waals surface area contributed by atoms with Crippen LogP contribution in [0.5, 0.6) is 34.5 Å². The number of anilines is 5. The average Bonchev–Trinajstić information content (AvgIpc) is 4.21. The van der Waals surface area contributed by atoms with Gasteiger partial charge in [0.1, 0.15) is 35.3 Å². The van der Waals surface area contributed by atoms with Crippen LogP contribution in [-0.4, -0.2) is 130 Å². The minimum atomic E-state index is -0.376. The van der Waals surface area contributed by atoms with Gasteiger partial charge in [0.25, 0.3) is 0 Å². The van der Waals surface area contributed by atoms with E-state index in [0.29, 0.717) is 105 Å². The Bertz CT molecular complexity index is 2880. The van der Waals surface area contributed by atoms with Crippen molar-refractivity contribution < 1.29 is 47.5 Å². The first-order valence-electron chi connectivity index (χ1n) is 20.8. The number of benzene rings is 2. The maximum atomic E-state index is 9.89. The summed E-state index contributed by atoms with van der Waals surface area (Å²) in [6.45, 7) is 2.97. The molecule has 6 aromatic heterocycles. The Kier molecular flexibility index (Phi) is 14.3. The fraction of sp³-hybridized carbons (Fsp3) is 0.318. The second-order valence-corrected chi connectivity index (χ2v) is 15.2. The molecule has 10 rings (SSSR count). The number of fused-ring (bicyclic) bond motifs is 2. The van der Waals surface area contributed by atoms with Crippen molar-refractivity contribution in [1.82, 2.24) is 44.4 Å². The second-order valence-electron chi connectivity index (χ2n) is 14.9. The number of hydrogen-bond acceptors (Lipinski definition) is 20. The number of nitrogens with one attached hydrogen (secondary N) is 3. The van der Waals surface area contributed by atoms with Crippen LogP contribution in [0, 0.1) is 0 Å². The Morgan fingerprint density at radius 3 is 1.58 bits per heavy atom. The Labute approximate surface area is 388 Å². The zero-order valence-corrected chi connectivity index (χ0v) is 38.1. The number of hydrogen-bond donors (Lipinski definition) is 5. The summed E-state index contributed by atoms with van der Waals surface area (Å²) >= 11 is 5.97. The van der Waals surface area contributed by atoms with Crippen LogP contribution in [0.2, 0.25) is 5.28 Å². The van der Waals surface area contributed by atoms with Crippen LogP contribution in [0.4, 0.5) is 29.2 Å². The smallest absolute Gasteiger partial charge is 0.228 e. The molecule has 22 nitrogen and oxygen atoms in total. The van der Waals surface area contributed by atoms with Gasteiger partial charge in [-0.25, -0.2) is 19.9 Å². The Morgan fingerprint density at radius 2 is 1.16 bits per heavy atom. The van der Waals surface area contributed by atoms with E-state index < -0.39 is 0 Å². The number of ether oxygens (including phenoxy) is 6. The molecule has 2 atom stereocenters. The number of furan rings is 2. The quantitative estimate of drug-likeness (QED) is 0.0842. The van der Waals surface area contributed by atoms with Crippen molar-refractivity contribution in [3.05, 3.63) is 79.3 Å². The number of rotatable bonds is 13. The normalized spacial score (nSPS) is 15.4. The number of halogens is 1. The number of nitrogens with zero attached hydrogens (tertiary/aromatic N) is 9. The summed E-state index contributed by atoms with van der Waals surface area (Å²) in [5.41, 5.74) is 3.86. The first-order chi connectivity index (χ1) is 32.6. The number of aromatic nitrogens is 8. The third-order valence-electron chi connectivity index (χ3n) is 10.6. The van der Waals surface area contributed by atoms with Gasteiger partial charge in [-0.15, -0.1) is 0 Å². The lowest BCUT2D eigenvalue weighted by Crippen LogP contribution is -2.23. The molecule has 67 heavy (non-hydrogen) atoms. The minimum absolute atomic E-state index is 0.0648. The number of aliphatic hydroxyl groups is 2. The SMILES string of the molecule is COc1cc(-n2cnc(Nc3nc(Cl)nc4ccoc34)c2)cc(OC)c1OC.COc1cc(-n2cnc(Nc3nc(N4CC[C@@H](O)C4)nc4ccoc34)c2)cc(OC)c1OC.O[C@@H]1CCNC1. The van der Waals surface area contributed by atoms with Gasteiger partial charge in [0, 0.05) is 56.0 Å². The maximum absolute atomic E-state index is 9.89. The molecule has 0 amide bonds. The largest absolute Gasteiger partial charge is 0.493 e. The number of imidazole rings is 2. The summed E-state index contributed by atoms with van der Waals surface area (Å²) in [7, 11) is 9.39. The van der Waals surface area contributed by atoms with Crippen LogP contribution in [0.15, 0.2) is 82.8 Å². The highest BCUT2D eigenvalue weighted by Crippen LogP contribution is 2.41. The van der Waals surface area contributed by atoms with Crippen molar-refractivity contribution in [2.24, 2.45) is 0 Å². The highest BCUT2D eigenvalue weighted by Gasteiger charge is 2.25. The Morgan fingerprint density at radius 1 is 0.657 bits per heavy atom. The molecule has 352 valence electrons. The Hall–Kier alpha value is -7.53. The van der Waals surface area contributed by atoms with E-state index in [1.54, 1.807) is 84.5 Å². The van der Waals surface area contributed by atoms with Gasteiger partial charge in [-0.05, 0) is 31.0 Å². The topological polar surface area (TPSA) is 249 Å². The molecule has 0 radical (unpaired) electrons. The summed E-state index contributed by atoms with van der Waals surface area (Å²) in [4.78, 5) is 28.2. The van der Waals surface area contributed by atoms with Crippen molar-refractivity contribution in [3.63, 3.8) is 0 Å². The van der Waals surface area contributed by atoms with E-state index in [9.17, 15) is 5.11 Å². The monoisotopic (exact) mass is 940 g/mol. The third-order valence-corrected chi connectivity index (χ3v) is 10.8. The lowest BCUT2D eigenvalue weighted by molar-refractivity contribution is 0.196. The minimum Gasteiger partial charge on any atom is -0.493 e. The summed E-state index contributed by atoms with van der Waals surface area (Å²) in [5, 5.41) is 28.0. The molecular weight excluding hydrogens is 892 g/mol. The molecule has 0 spiro atoms. The van der Waals surface area contributed by atoms with E-state index in [1.807, 2.05) is 39.9 Å². The molecule has 8 aromatic rings. The van der Waals surface area contributed by atoms with E-state index in [-0.39, 0.29) is 17.5 Å². The van der Waals surface area contributed by atoms with Crippen LogP contribution in [0.1, 0.15) is 12.8 Å². The summed E-state index contributed by atoms with van der Waals surface area (Å²) < 4.78 is 47.1. The molecule has 0 saturated carbocycles. The van der Waals surface area contributed by atoms with Crippen LogP contribution in [-0.2, 0) is 0 Å². The molecule has 2 fully saturated rings. The van der Waals surface area contributed by atoms with Gasteiger partial charge in [0.05, 0.1) is 91.2 Å². The van der Waals surface area contributed by atoms with E-state index in [0.717, 1.165) is 30.9 Å². The van der Waals surface area contributed by atoms with Gasteiger partial charge in [-0.3, -0.25) is 0 Å². The van der Waals surface area contributed by atoms with Crippen molar-refractivity contribution in [2.75, 3.05) is 84.4 Å². The molecule has 23 heteroatoms. The van der Waals surface area contributed by atoms with Gasteiger partial charge < -0.3 is 77.5 Å². The lowest BCUT2D eigenvalue weighted by atomic mass is 10.2. The Balaban J connectivity index is 0.000000163. The van der Waals surface area contributed by atoms with Gasteiger partial charge in [0.2, 0.25) is 22.7 Å². The van der Waals surface area contributed by atoms with Crippen LogP contribution in [0.3, 0.4) is 0 Å². The van der Waals surface area contributed by atoms with Crippen LogP contribution < -0.4 is 49.3 Å². The second kappa shape index (κ2) is 20.8. The van der Waals surface area contributed by atoms with E-state index in [1.165, 1.54) is 6.26 Å². The molecule has 0 unspecified atom stereocenters. The molecule has 2 aromatic carbocycles. The predicted molar refractivity (Wildman–Crippen MR) is 248 cm³/mol. The van der Waals surface area contributed by atoms with Crippen molar-refractivity contribution >= 4 is 63.0 Å². The van der Waals surface area contributed by atoms with Gasteiger partial charge in [-0.1, -0.05) is 0 Å². The fourth-order valence-electron chi connectivity index (χ4n) is 7.29. The molecule has 0 bridgehead atoms. The number of methoxy groups -OCH3 is 6.